The van der Waals surface area contributed by atoms with Crippen LogP contribution in [0.5, 0.6) is 0 Å². The number of hydrogen-bond acceptors (Lipinski definition) is 6. The number of aromatic nitrogens is 2. The van der Waals surface area contributed by atoms with Gasteiger partial charge in [0.15, 0.2) is 0 Å². The van der Waals surface area contributed by atoms with Crippen molar-refractivity contribution in [1.29, 1.82) is 0 Å². The third kappa shape index (κ3) is 3.37. The Hall–Kier alpha value is -1.99. The summed E-state index contributed by atoms with van der Waals surface area (Å²) in [5.74, 6) is 0.396. The van der Waals surface area contributed by atoms with Crippen LogP contribution >= 0.6 is 11.3 Å². The van der Waals surface area contributed by atoms with Crippen molar-refractivity contribution >= 4 is 28.7 Å². The number of anilines is 2. The second-order valence-corrected chi connectivity index (χ2v) is 6.07. The largest absolute Gasteiger partial charge is 0.368 e. The molecule has 3 rings (SSSR count). The first kappa shape index (κ1) is 14.0. The maximum absolute atomic E-state index is 12.0. The standard InChI is InChI=1S/C14H17N5OS/c1-10-16-9-12(21-10)14(20)18-13-3-2-11(8-17-13)19-6-4-15-5-7-19/h2-3,8-9,15H,4-7H2,1H3,(H,17,18,20). The second-order valence-electron chi connectivity index (χ2n) is 4.84. The fourth-order valence-corrected chi connectivity index (χ4v) is 2.89. The Bertz CT molecular complexity index is 619. The molecule has 2 aromatic rings. The molecule has 0 saturated carbocycles. The van der Waals surface area contributed by atoms with Gasteiger partial charge < -0.3 is 15.5 Å². The van der Waals surface area contributed by atoms with Crippen LogP contribution in [-0.2, 0) is 0 Å². The zero-order valence-corrected chi connectivity index (χ0v) is 12.6. The summed E-state index contributed by atoms with van der Waals surface area (Å²) in [6.45, 7) is 5.81. The van der Waals surface area contributed by atoms with Crippen LogP contribution in [-0.4, -0.2) is 42.1 Å². The third-order valence-corrected chi connectivity index (χ3v) is 4.23. The van der Waals surface area contributed by atoms with E-state index in [1.54, 1.807) is 12.4 Å². The lowest BCUT2D eigenvalue weighted by molar-refractivity contribution is 0.103. The highest BCUT2D eigenvalue weighted by molar-refractivity contribution is 7.13. The van der Waals surface area contributed by atoms with Crippen molar-refractivity contribution in [2.75, 3.05) is 36.4 Å². The van der Waals surface area contributed by atoms with Crippen molar-refractivity contribution < 1.29 is 4.79 Å². The van der Waals surface area contributed by atoms with E-state index < -0.39 is 0 Å². The van der Waals surface area contributed by atoms with Gasteiger partial charge in [-0.3, -0.25) is 4.79 Å². The Labute approximate surface area is 127 Å². The number of carbonyl (C=O) groups excluding carboxylic acids is 1. The van der Waals surface area contributed by atoms with Crippen LogP contribution in [0, 0.1) is 6.92 Å². The Kier molecular flexibility index (Phi) is 4.12. The normalized spacial score (nSPS) is 15.0. The molecule has 1 saturated heterocycles. The molecule has 7 heteroatoms. The minimum absolute atomic E-state index is 0.164. The van der Waals surface area contributed by atoms with Crippen molar-refractivity contribution in [1.82, 2.24) is 15.3 Å². The van der Waals surface area contributed by atoms with Crippen LogP contribution in [0.3, 0.4) is 0 Å². The minimum Gasteiger partial charge on any atom is -0.368 e. The summed E-state index contributed by atoms with van der Waals surface area (Å²) in [4.78, 5) is 23.3. The van der Waals surface area contributed by atoms with Crippen molar-refractivity contribution in [3.05, 3.63) is 34.4 Å². The number of amides is 1. The molecular weight excluding hydrogens is 286 g/mol. The van der Waals surface area contributed by atoms with Gasteiger partial charge in [-0.25, -0.2) is 9.97 Å². The molecule has 0 unspecified atom stereocenters. The third-order valence-electron chi connectivity index (χ3n) is 3.32. The van der Waals surface area contributed by atoms with Crippen LogP contribution in [0.1, 0.15) is 14.7 Å². The highest BCUT2D eigenvalue weighted by Gasteiger charge is 2.12. The fraction of sp³-hybridized carbons (Fsp3) is 0.357. The Morgan fingerprint density at radius 3 is 2.71 bits per heavy atom. The highest BCUT2D eigenvalue weighted by Crippen LogP contribution is 2.17. The average molecular weight is 303 g/mol. The predicted octanol–water partition coefficient (Wildman–Crippen LogP) is 1.51. The van der Waals surface area contributed by atoms with E-state index in [1.807, 2.05) is 19.1 Å². The summed E-state index contributed by atoms with van der Waals surface area (Å²) >= 11 is 1.37. The van der Waals surface area contributed by atoms with Gasteiger partial charge in [0.25, 0.3) is 5.91 Å². The van der Waals surface area contributed by atoms with Crippen LogP contribution in [0.4, 0.5) is 11.5 Å². The molecule has 2 aromatic heterocycles. The lowest BCUT2D eigenvalue weighted by Gasteiger charge is -2.29. The Morgan fingerprint density at radius 2 is 2.10 bits per heavy atom. The van der Waals surface area contributed by atoms with E-state index >= 15 is 0 Å². The zero-order chi connectivity index (χ0) is 14.7. The number of hydrogen-bond donors (Lipinski definition) is 2. The predicted molar refractivity (Wildman–Crippen MR) is 84.1 cm³/mol. The monoisotopic (exact) mass is 303 g/mol. The summed E-state index contributed by atoms with van der Waals surface area (Å²) in [7, 11) is 0. The molecule has 1 aliphatic heterocycles. The number of piperazine rings is 1. The van der Waals surface area contributed by atoms with Crippen LogP contribution in [0.15, 0.2) is 24.5 Å². The number of rotatable bonds is 3. The van der Waals surface area contributed by atoms with Gasteiger partial charge in [-0.15, -0.1) is 11.3 Å². The summed E-state index contributed by atoms with van der Waals surface area (Å²) in [5.41, 5.74) is 1.09. The molecule has 0 radical (unpaired) electrons. The number of pyridine rings is 1. The van der Waals surface area contributed by atoms with Gasteiger partial charge in [-0.2, -0.15) is 0 Å². The number of carbonyl (C=O) groups is 1. The molecule has 0 aliphatic carbocycles. The molecule has 0 atom stereocenters. The highest BCUT2D eigenvalue weighted by atomic mass is 32.1. The summed E-state index contributed by atoms with van der Waals surface area (Å²) in [6, 6.07) is 3.83. The number of nitrogens with zero attached hydrogens (tertiary/aromatic N) is 3. The van der Waals surface area contributed by atoms with Crippen molar-refractivity contribution in [2.24, 2.45) is 0 Å². The molecule has 3 heterocycles. The number of thiazole rings is 1. The topological polar surface area (TPSA) is 70.2 Å². The molecule has 0 spiro atoms. The SMILES string of the molecule is Cc1ncc(C(=O)Nc2ccc(N3CCNCC3)cn2)s1. The van der Waals surface area contributed by atoms with Gasteiger partial charge in [-0.05, 0) is 19.1 Å². The first-order chi connectivity index (χ1) is 10.2. The molecule has 0 bridgehead atoms. The summed E-state index contributed by atoms with van der Waals surface area (Å²) in [5, 5.41) is 6.99. The van der Waals surface area contributed by atoms with Crippen LogP contribution < -0.4 is 15.5 Å². The smallest absolute Gasteiger partial charge is 0.268 e. The molecule has 1 fully saturated rings. The molecule has 21 heavy (non-hydrogen) atoms. The van der Waals surface area contributed by atoms with E-state index in [0.717, 1.165) is 36.9 Å². The summed E-state index contributed by atoms with van der Waals surface area (Å²) < 4.78 is 0. The van der Waals surface area contributed by atoms with Gasteiger partial charge in [0.1, 0.15) is 10.7 Å². The molecule has 0 aromatic carbocycles. The van der Waals surface area contributed by atoms with Gasteiger partial charge in [0.2, 0.25) is 0 Å². The quantitative estimate of drug-likeness (QED) is 0.899. The molecule has 1 aliphatic rings. The van der Waals surface area contributed by atoms with E-state index in [4.69, 9.17) is 0 Å². The van der Waals surface area contributed by atoms with Crippen LogP contribution in [0.25, 0.3) is 0 Å². The molecule has 2 N–H and O–H groups in total. The van der Waals surface area contributed by atoms with Gasteiger partial charge in [0, 0.05) is 26.2 Å². The van der Waals surface area contributed by atoms with E-state index in [9.17, 15) is 4.79 Å². The molecule has 6 nitrogen and oxygen atoms in total. The molecule has 1 amide bonds. The second kappa shape index (κ2) is 6.19. The van der Waals surface area contributed by atoms with Gasteiger partial charge >= 0.3 is 0 Å². The van der Waals surface area contributed by atoms with E-state index in [0.29, 0.717) is 10.7 Å². The lowest BCUT2D eigenvalue weighted by atomic mass is 10.3. The van der Waals surface area contributed by atoms with Crippen molar-refractivity contribution in [3.8, 4) is 0 Å². The zero-order valence-electron chi connectivity index (χ0n) is 11.8. The van der Waals surface area contributed by atoms with E-state index in [-0.39, 0.29) is 5.91 Å². The van der Waals surface area contributed by atoms with Crippen molar-refractivity contribution in [3.63, 3.8) is 0 Å². The number of aryl methyl sites for hydroxylation is 1. The van der Waals surface area contributed by atoms with E-state index in [2.05, 4.69) is 25.5 Å². The fourth-order valence-electron chi connectivity index (χ4n) is 2.21. The van der Waals surface area contributed by atoms with Gasteiger partial charge in [0.05, 0.1) is 23.1 Å². The lowest BCUT2D eigenvalue weighted by Crippen LogP contribution is -2.43. The van der Waals surface area contributed by atoms with Crippen LogP contribution in [0.2, 0.25) is 0 Å². The summed E-state index contributed by atoms with van der Waals surface area (Å²) in [6.07, 6.45) is 3.39. The van der Waals surface area contributed by atoms with Crippen molar-refractivity contribution in [2.45, 2.75) is 6.92 Å². The van der Waals surface area contributed by atoms with Gasteiger partial charge in [-0.1, -0.05) is 0 Å². The Morgan fingerprint density at radius 1 is 1.29 bits per heavy atom. The molecular formula is C14H17N5OS. The molecule has 110 valence electrons. The maximum atomic E-state index is 12.0. The number of nitrogens with one attached hydrogen (secondary N) is 2. The minimum atomic E-state index is -0.164. The Balaban J connectivity index is 1.65. The first-order valence-electron chi connectivity index (χ1n) is 6.88. The van der Waals surface area contributed by atoms with E-state index in [1.165, 1.54) is 11.3 Å². The maximum Gasteiger partial charge on any atom is 0.268 e. The average Bonchev–Trinajstić information content (AvgIpc) is 2.96. The first-order valence-corrected chi connectivity index (χ1v) is 7.69.